The maximum absolute atomic E-state index is 5.70. The molecule has 4 rings (SSSR count). The summed E-state index contributed by atoms with van der Waals surface area (Å²) in [5, 5.41) is 7.50. The van der Waals surface area contributed by atoms with Crippen LogP contribution in [-0.4, -0.2) is 51.7 Å². The maximum Gasteiger partial charge on any atom is 0.258 e. The van der Waals surface area contributed by atoms with Crippen molar-refractivity contribution in [3.63, 3.8) is 0 Å². The molecule has 0 bridgehead atoms. The minimum absolute atomic E-state index is 0. The number of aromatic nitrogens is 4. The van der Waals surface area contributed by atoms with Gasteiger partial charge in [0.1, 0.15) is 5.75 Å². The van der Waals surface area contributed by atoms with E-state index in [4.69, 9.17) is 9.26 Å². The van der Waals surface area contributed by atoms with Crippen molar-refractivity contribution in [3.05, 3.63) is 48.7 Å². The van der Waals surface area contributed by atoms with E-state index in [0.717, 1.165) is 25.2 Å². The van der Waals surface area contributed by atoms with Gasteiger partial charge in [0.05, 0.1) is 12.2 Å². The van der Waals surface area contributed by atoms with Crippen molar-refractivity contribution < 1.29 is 9.26 Å². The van der Waals surface area contributed by atoms with E-state index < -0.39 is 0 Å². The minimum Gasteiger partial charge on any atom is -0.437 e. The SMILES string of the molecule is CN1CCNCC1c1noc(-c2cccc(Oc3cnccn3)c2)n1.Cl. The first-order chi connectivity index (χ1) is 12.3. The van der Waals surface area contributed by atoms with E-state index in [9.17, 15) is 0 Å². The first kappa shape index (κ1) is 18.2. The molecule has 1 atom stereocenters. The average molecular weight is 375 g/mol. The van der Waals surface area contributed by atoms with Crippen LogP contribution in [0, 0.1) is 0 Å². The molecule has 8 nitrogen and oxygen atoms in total. The number of nitrogens with one attached hydrogen (secondary N) is 1. The van der Waals surface area contributed by atoms with Crippen molar-refractivity contribution in [2.24, 2.45) is 0 Å². The van der Waals surface area contributed by atoms with Gasteiger partial charge < -0.3 is 14.6 Å². The van der Waals surface area contributed by atoms with E-state index in [1.807, 2.05) is 24.3 Å². The number of piperazine rings is 1. The Balaban J connectivity index is 0.00000196. The lowest BCUT2D eigenvalue weighted by Crippen LogP contribution is -2.44. The van der Waals surface area contributed by atoms with Crippen LogP contribution in [0.4, 0.5) is 0 Å². The third-order valence-corrected chi connectivity index (χ3v) is 4.09. The van der Waals surface area contributed by atoms with Crippen LogP contribution in [-0.2, 0) is 0 Å². The number of rotatable bonds is 4. The first-order valence-corrected chi connectivity index (χ1v) is 8.08. The van der Waals surface area contributed by atoms with Gasteiger partial charge in [-0.15, -0.1) is 12.4 Å². The van der Waals surface area contributed by atoms with Crippen LogP contribution in [0.5, 0.6) is 11.6 Å². The number of likely N-dealkylation sites (N-methyl/N-ethyl adjacent to an activating group) is 1. The summed E-state index contributed by atoms with van der Waals surface area (Å²) in [7, 11) is 2.07. The van der Waals surface area contributed by atoms with Crippen LogP contribution in [0.1, 0.15) is 11.9 Å². The number of halogens is 1. The molecule has 1 aliphatic rings. The summed E-state index contributed by atoms with van der Waals surface area (Å²) in [6, 6.07) is 7.58. The second kappa shape index (κ2) is 8.22. The number of benzene rings is 1. The molecule has 0 radical (unpaired) electrons. The summed E-state index contributed by atoms with van der Waals surface area (Å²) >= 11 is 0. The molecular formula is C17H19ClN6O2. The lowest BCUT2D eigenvalue weighted by molar-refractivity contribution is 0.190. The van der Waals surface area contributed by atoms with Crippen molar-refractivity contribution >= 4 is 12.4 Å². The molecule has 0 spiro atoms. The largest absolute Gasteiger partial charge is 0.437 e. The molecule has 0 aliphatic carbocycles. The smallest absolute Gasteiger partial charge is 0.258 e. The Morgan fingerprint density at radius 2 is 2.23 bits per heavy atom. The fourth-order valence-corrected chi connectivity index (χ4v) is 2.73. The van der Waals surface area contributed by atoms with Gasteiger partial charge in [0.2, 0.25) is 5.88 Å². The molecule has 1 aliphatic heterocycles. The van der Waals surface area contributed by atoms with E-state index in [-0.39, 0.29) is 18.4 Å². The molecule has 0 saturated carbocycles. The van der Waals surface area contributed by atoms with Crippen LogP contribution in [0.2, 0.25) is 0 Å². The van der Waals surface area contributed by atoms with Gasteiger partial charge in [-0.1, -0.05) is 11.2 Å². The van der Waals surface area contributed by atoms with E-state index in [2.05, 4.69) is 37.4 Å². The van der Waals surface area contributed by atoms with Crippen molar-refractivity contribution in [1.29, 1.82) is 0 Å². The zero-order valence-electron chi connectivity index (χ0n) is 14.2. The summed E-state index contributed by atoms with van der Waals surface area (Å²) in [6.45, 7) is 2.74. The summed E-state index contributed by atoms with van der Waals surface area (Å²) in [5.41, 5.74) is 0.798. The summed E-state index contributed by atoms with van der Waals surface area (Å²) in [4.78, 5) is 14.9. The van der Waals surface area contributed by atoms with E-state index in [0.29, 0.717) is 23.3 Å². The molecule has 2 aromatic heterocycles. The predicted octanol–water partition coefficient (Wildman–Crippen LogP) is 2.32. The summed E-state index contributed by atoms with van der Waals surface area (Å²) in [5.74, 6) is 2.22. The van der Waals surface area contributed by atoms with Gasteiger partial charge in [0.25, 0.3) is 5.89 Å². The third-order valence-electron chi connectivity index (χ3n) is 4.09. The molecule has 0 amide bonds. The van der Waals surface area contributed by atoms with E-state index >= 15 is 0 Å². The van der Waals surface area contributed by atoms with Gasteiger partial charge >= 0.3 is 0 Å². The zero-order valence-corrected chi connectivity index (χ0v) is 15.0. The molecule has 3 aromatic rings. The first-order valence-electron chi connectivity index (χ1n) is 8.08. The van der Waals surface area contributed by atoms with Crippen molar-refractivity contribution in [3.8, 4) is 23.1 Å². The second-order valence-electron chi connectivity index (χ2n) is 5.83. The van der Waals surface area contributed by atoms with Crippen molar-refractivity contribution in [1.82, 2.24) is 30.3 Å². The molecule has 1 unspecified atom stereocenters. The fraction of sp³-hybridized carbons (Fsp3) is 0.294. The van der Waals surface area contributed by atoms with E-state index in [1.165, 1.54) is 0 Å². The summed E-state index contributed by atoms with van der Waals surface area (Å²) < 4.78 is 11.2. The third kappa shape index (κ3) is 3.98. The molecule has 1 N–H and O–H groups in total. The predicted molar refractivity (Wildman–Crippen MR) is 97.3 cm³/mol. The Hall–Kier alpha value is -2.55. The number of nitrogens with zero attached hydrogens (tertiary/aromatic N) is 5. The molecular weight excluding hydrogens is 356 g/mol. The van der Waals surface area contributed by atoms with Gasteiger partial charge in [0.15, 0.2) is 5.82 Å². The quantitative estimate of drug-likeness (QED) is 0.744. The molecule has 3 heterocycles. The van der Waals surface area contributed by atoms with Gasteiger partial charge in [-0.05, 0) is 25.2 Å². The highest BCUT2D eigenvalue weighted by Gasteiger charge is 2.25. The highest BCUT2D eigenvalue weighted by atomic mass is 35.5. The number of hydrogen-bond donors (Lipinski definition) is 1. The molecule has 1 aromatic carbocycles. The molecule has 136 valence electrons. The molecule has 9 heteroatoms. The Kier molecular flexibility index (Phi) is 5.77. The Labute approximate surface area is 157 Å². The fourth-order valence-electron chi connectivity index (χ4n) is 2.73. The van der Waals surface area contributed by atoms with Crippen LogP contribution in [0.3, 0.4) is 0 Å². The van der Waals surface area contributed by atoms with Gasteiger partial charge in [-0.25, -0.2) is 4.98 Å². The monoisotopic (exact) mass is 374 g/mol. The number of ether oxygens (including phenoxy) is 1. The standard InChI is InChI=1S/C17H18N6O2.ClH/c1-23-8-7-19-10-14(23)16-21-17(25-22-16)12-3-2-4-13(9-12)24-15-11-18-5-6-20-15;/h2-6,9,11,14,19H,7-8,10H2,1H3;1H. The Morgan fingerprint density at radius 1 is 1.31 bits per heavy atom. The Bertz CT molecular complexity index is 844. The number of hydrogen-bond acceptors (Lipinski definition) is 8. The topological polar surface area (TPSA) is 89.2 Å². The molecule has 1 fully saturated rings. The molecule has 26 heavy (non-hydrogen) atoms. The average Bonchev–Trinajstić information content (AvgIpc) is 3.13. The van der Waals surface area contributed by atoms with E-state index in [1.54, 1.807) is 18.6 Å². The van der Waals surface area contributed by atoms with Crippen LogP contribution in [0.15, 0.2) is 47.4 Å². The lowest BCUT2D eigenvalue weighted by Gasteiger charge is -2.30. The van der Waals surface area contributed by atoms with Gasteiger partial charge in [-0.3, -0.25) is 9.88 Å². The van der Waals surface area contributed by atoms with Crippen molar-refractivity contribution in [2.45, 2.75) is 6.04 Å². The van der Waals surface area contributed by atoms with Crippen LogP contribution >= 0.6 is 12.4 Å². The van der Waals surface area contributed by atoms with Crippen LogP contribution < -0.4 is 10.1 Å². The zero-order chi connectivity index (χ0) is 17.1. The second-order valence-corrected chi connectivity index (χ2v) is 5.83. The maximum atomic E-state index is 5.70. The minimum atomic E-state index is 0. The summed E-state index contributed by atoms with van der Waals surface area (Å²) in [6.07, 6.45) is 4.74. The lowest BCUT2D eigenvalue weighted by atomic mass is 10.2. The van der Waals surface area contributed by atoms with Gasteiger partial charge in [-0.2, -0.15) is 4.98 Å². The highest BCUT2D eigenvalue weighted by molar-refractivity contribution is 5.85. The van der Waals surface area contributed by atoms with Gasteiger partial charge in [0, 0.05) is 37.6 Å². The van der Waals surface area contributed by atoms with Crippen molar-refractivity contribution in [2.75, 3.05) is 26.7 Å². The normalized spacial score (nSPS) is 17.5. The van der Waals surface area contributed by atoms with Crippen LogP contribution in [0.25, 0.3) is 11.5 Å². The molecule has 1 saturated heterocycles. The Morgan fingerprint density at radius 3 is 3.04 bits per heavy atom. The highest BCUT2D eigenvalue weighted by Crippen LogP contribution is 2.27.